The molecule has 4 aromatic heterocycles. The third-order valence-electron chi connectivity index (χ3n) is 8.38. The summed E-state index contributed by atoms with van der Waals surface area (Å²) in [5, 5.41) is 12.2. The summed E-state index contributed by atoms with van der Waals surface area (Å²) in [6.07, 6.45) is -4.17. The molecule has 5 aromatic rings. The molecule has 2 aliphatic carbocycles. The summed E-state index contributed by atoms with van der Waals surface area (Å²) in [7, 11) is 0. The van der Waals surface area contributed by atoms with Crippen molar-refractivity contribution in [1.29, 1.82) is 0 Å². The van der Waals surface area contributed by atoms with Gasteiger partial charge in [0.1, 0.15) is 29.8 Å². The molecule has 17 heteroatoms. The van der Waals surface area contributed by atoms with Crippen molar-refractivity contribution >= 4 is 17.2 Å². The van der Waals surface area contributed by atoms with Crippen LogP contribution >= 0.6 is 0 Å². The molecular weight excluding hydrogens is 649 g/mol. The smallest absolute Gasteiger partial charge is 0.397 e. The number of hydrogen-bond donors (Lipinski definition) is 3. The normalized spacial score (nSPS) is 18.1. The third-order valence-corrected chi connectivity index (χ3v) is 8.38. The number of nitrogens with two attached hydrogens (primary N) is 1. The molecule has 1 amide bonds. The summed E-state index contributed by atoms with van der Waals surface area (Å²) < 4.78 is 102. The zero-order valence-electron chi connectivity index (χ0n) is 24.5. The maximum Gasteiger partial charge on any atom is 0.435 e. The highest BCUT2D eigenvalue weighted by Gasteiger charge is 2.62. The summed E-state index contributed by atoms with van der Waals surface area (Å²) in [6.45, 7) is 0.538. The van der Waals surface area contributed by atoms with Gasteiger partial charge in [0.2, 0.25) is 5.91 Å². The molecule has 3 atom stereocenters. The molecule has 10 nitrogen and oxygen atoms in total. The highest BCUT2D eigenvalue weighted by molar-refractivity contribution is 5.78. The number of nitrogens with one attached hydrogen (secondary N) is 2. The van der Waals surface area contributed by atoms with Gasteiger partial charge in [-0.1, -0.05) is 11.8 Å². The number of carbonyl (C=O) groups is 1. The first-order chi connectivity index (χ1) is 22.6. The Hall–Kier alpha value is -5.66. The fourth-order valence-corrected chi connectivity index (χ4v) is 6.35. The minimum absolute atomic E-state index is 0.0557. The number of pyridine rings is 2. The Labute approximate surface area is 264 Å². The largest absolute Gasteiger partial charge is 0.435 e. The number of carbonyl (C=O) groups excluding carboxylic acids is 1. The Balaban J connectivity index is 1.31. The third kappa shape index (κ3) is 4.95. The highest BCUT2D eigenvalue weighted by Crippen LogP contribution is 2.58. The quantitative estimate of drug-likeness (QED) is 0.174. The lowest BCUT2D eigenvalue weighted by molar-refractivity contribution is -0.142. The first-order valence-electron chi connectivity index (χ1n) is 14.3. The van der Waals surface area contributed by atoms with Gasteiger partial charge in [-0.15, -0.1) is 0 Å². The summed E-state index contributed by atoms with van der Waals surface area (Å²) in [5.74, 6) is -5.24. The van der Waals surface area contributed by atoms with Crippen molar-refractivity contribution in [2.75, 3.05) is 5.73 Å². The van der Waals surface area contributed by atoms with Gasteiger partial charge in [0.05, 0.1) is 29.5 Å². The fourth-order valence-electron chi connectivity index (χ4n) is 6.35. The van der Waals surface area contributed by atoms with Crippen LogP contribution in [0.4, 0.5) is 36.4 Å². The number of rotatable bonds is 7. The van der Waals surface area contributed by atoms with Crippen molar-refractivity contribution in [1.82, 2.24) is 34.7 Å². The van der Waals surface area contributed by atoms with E-state index in [9.17, 15) is 31.5 Å². The van der Waals surface area contributed by atoms with Gasteiger partial charge in [0.15, 0.2) is 11.3 Å². The minimum Gasteiger partial charge on any atom is -0.397 e. The Bertz CT molecular complexity index is 2260. The number of benzene rings is 1. The Morgan fingerprint density at radius 1 is 1.12 bits per heavy atom. The van der Waals surface area contributed by atoms with Crippen molar-refractivity contribution in [3.63, 3.8) is 0 Å². The molecule has 246 valence electrons. The number of nitrogens with zero attached hydrogens (tertiary/aromatic N) is 5. The van der Waals surface area contributed by atoms with E-state index in [0.29, 0.717) is 27.7 Å². The van der Waals surface area contributed by atoms with Crippen molar-refractivity contribution in [3.8, 4) is 23.0 Å². The maximum atomic E-state index is 15.3. The lowest BCUT2D eigenvalue weighted by atomic mass is 9.84. The molecule has 2 aliphatic rings. The van der Waals surface area contributed by atoms with Gasteiger partial charge in [-0.05, 0) is 49.2 Å². The van der Waals surface area contributed by atoms with Gasteiger partial charge in [-0.3, -0.25) is 14.5 Å². The number of halogens is 7. The first kappa shape index (κ1) is 31.0. The summed E-state index contributed by atoms with van der Waals surface area (Å²) >= 11 is 0. The molecule has 0 saturated carbocycles. The molecule has 0 radical (unpaired) electrons. The predicted molar refractivity (Wildman–Crippen MR) is 154 cm³/mol. The van der Waals surface area contributed by atoms with Crippen molar-refractivity contribution < 1.29 is 35.5 Å². The number of H-pyrrole nitrogens is 1. The van der Waals surface area contributed by atoms with Crippen LogP contribution in [-0.2, 0) is 29.9 Å². The molecule has 0 bridgehead atoms. The summed E-state index contributed by atoms with van der Waals surface area (Å²) in [4.78, 5) is 30.4. The molecule has 7 rings (SSSR count). The molecule has 4 N–H and O–H groups in total. The lowest BCUT2D eigenvalue weighted by Crippen LogP contribution is -2.36. The lowest BCUT2D eigenvalue weighted by Gasteiger charge is -2.24. The van der Waals surface area contributed by atoms with E-state index in [0.717, 1.165) is 12.1 Å². The summed E-state index contributed by atoms with van der Waals surface area (Å²) in [6, 6.07) is 6.02. The molecule has 0 spiro atoms. The second-order valence-electron chi connectivity index (χ2n) is 11.5. The number of aryl methyl sites for hydroxylation is 1. The molecular formula is C31H21F7N8O2. The number of amides is 1. The van der Waals surface area contributed by atoms with E-state index < -0.39 is 76.7 Å². The SMILES string of the molecule is Cc1c(-c2cc(N)cnc2C(Cc2cc(F)cc(F)c2)NC(=O)Cn2nc(C(F)(F)F)c3c2C(F)(F)C2C#CC32)ccc2n[nH]c(=O)n12. The number of alkyl halides is 5. The van der Waals surface area contributed by atoms with Gasteiger partial charge >= 0.3 is 17.8 Å². The Morgan fingerprint density at radius 3 is 2.52 bits per heavy atom. The Kier molecular flexibility index (Phi) is 6.89. The van der Waals surface area contributed by atoms with Crippen LogP contribution in [0.1, 0.15) is 45.9 Å². The number of anilines is 1. The van der Waals surface area contributed by atoms with E-state index >= 15 is 8.78 Å². The van der Waals surface area contributed by atoms with Crippen LogP contribution in [0.5, 0.6) is 0 Å². The molecule has 0 aliphatic heterocycles. The number of aromatic amines is 1. The highest BCUT2D eigenvalue weighted by atomic mass is 19.4. The second-order valence-corrected chi connectivity index (χ2v) is 11.5. The van der Waals surface area contributed by atoms with E-state index in [1.165, 1.54) is 22.7 Å². The van der Waals surface area contributed by atoms with Crippen molar-refractivity contribution in [3.05, 3.63) is 98.6 Å². The van der Waals surface area contributed by atoms with E-state index in [2.05, 4.69) is 37.4 Å². The monoisotopic (exact) mass is 670 g/mol. The average molecular weight is 671 g/mol. The topological polar surface area (TPSA) is 136 Å². The van der Waals surface area contributed by atoms with Crippen molar-refractivity contribution in [2.45, 2.75) is 43.9 Å². The average Bonchev–Trinajstić information content (AvgIpc) is 3.56. The van der Waals surface area contributed by atoms with Crippen LogP contribution in [0.3, 0.4) is 0 Å². The maximum absolute atomic E-state index is 15.3. The molecule has 4 heterocycles. The van der Waals surface area contributed by atoms with Gasteiger partial charge in [0, 0.05) is 28.5 Å². The van der Waals surface area contributed by atoms with Gasteiger partial charge < -0.3 is 11.1 Å². The minimum atomic E-state index is -5.10. The van der Waals surface area contributed by atoms with Crippen LogP contribution in [0.15, 0.2) is 47.4 Å². The van der Waals surface area contributed by atoms with Crippen LogP contribution in [0, 0.1) is 36.3 Å². The van der Waals surface area contributed by atoms with Gasteiger partial charge in [0.25, 0.3) is 0 Å². The summed E-state index contributed by atoms with van der Waals surface area (Å²) in [5.41, 5.74) is 3.78. The second kappa shape index (κ2) is 10.7. The number of fused-ring (bicyclic) bond motifs is 4. The van der Waals surface area contributed by atoms with Gasteiger partial charge in [-0.25, -0.2) is 23.1 Å². The van der Waals surface area contributed by atoms with Crippen LogP contribution in [-0.4, -0.2) is 35.3 Å². The van der Waals surface area contributed by atoms with E-state index in [4.69, 9.17) is 5.73 Å². The number of aromatic nitrogens is 6. The van der Waals surface area contributed by atoms with Crippen LogP contribution < -0.4 is 16.7 Å². The zero-order chi connectivity index (χ0) is 34.3. The predicted octanol–water partition coefficient (Wildman–Crippen LogP) is 4.39. The standard InChI is InChI=1S/C31H21F7N8O2/c1-13-18(3-5-23-42-43-29(48)46(13)23)20-10-17(39)11-40-26(20)22(8-14-6-15(32)9-16(33)7-14)41-24(47)12-45-28-25(27(44-45)31(36,37)38)19-2-4-21(19)30(28,34)35/h3,5-7,9-11,19,21-22H,8,12,39H2,1H3,(H,41,47)(H,43,48). The van der Waals surface area contributed by atoms with E-state index in [-0.39, 0.29) is 28.9 Å². The Morgan fingerprint density at radius 2 is 1.85 bits per heavy atom. The number of hydrogen-bond acceptors (Lipinski definition) is 6. The molecule has 48 heavy (non-hydrogen) atoms. The number of nitrogen functional groups attached to an aromatic ring is 1. The van der Waals surface area contributed by atoms with E-state index in [1.54, 1.807) is 13.0 Å². The van der Waals surface area contributed by atoms with E-state index in [1.807, 2.05) is 0 Å². The van der Waals surface area contributed by atoms with Crippen LogP contribution in [0.25, 0.3) is 16.8 Å². The molecule has 0 fully saturated rings. The van der Waals surface area contributed by atoms with Crippen LogP contribution in [0.2, 0.25) is 0 Å². The molecule has 0 saturated heterocycles. The zero-order valence-corrected chi connectivity index (χ0v) is 24.5. The molecule has 3 unspecified atom stereocenters. The van der Waals surface area contributed by atoms with Gasteiger partial charge in [-0.2, -0.15) is 32.1 Å². The van der Waals surface area contributed by atoms with Crippen molar-refractivity contribution in [2.24, 2.45) is 5.92 Å². The fraction of sp³-hybridized carbons (Fsp3) is 0.258. The molecule has 1 aromatic carbocycles. The first-order valence-corrected chi connectivity index (χ1v) is 14.3.